The fraction of sp³-hybridized carbons (Fsp3) is 0. The Kier molecular flexibility index (Phi) is 12.7. The van der Waals surface area contributed by atoms with Gasteiger partial charge in [0.15, 0.2) is 0 Å². The maximum absolute atomic E-state index is 8.62. The molecule has 0 saturated carbocycles. The van der Waals surface area contributed by atoms with Crippen molar-refractivity contribution in [1.82, 2.24) is 0 Å². The van der Waals surface area contributed by atoms with Crippen LogP contribution < -0.4 is 67.7 Å². The Labute approximate surface area is 93.7 Å². The third-order valence-corrected chi connectivity index (χ3v) is 0. The molecule has 0 heterocycles. The number of halogens is 2. The van der Waals surface area contributed by atoms with Crippen LogP contribution in [0.4, 0.5) is 0 Å². The number of hydrogen-bond donors (Lipinski definition) is 0. The summed E-state index contributed by atoms with van der Waals surface area (Å²) in [5.74, 6) is 0. The van der Waals surface area contributed by atoms with Gasteiger partial charge in [0, 0.05) is 0 Å². The molecule has 0 saturated heterocycles. The summed E-state index contributed by atoms with van der Waals surface area (Å²) >= 11 is -11.9. The second-order valence-corrected chi connectivity index (χ2v) is 5.07. The van der Waals surface area contributed by atoms with Gasteiger partial charge in [-0.3, -0.25) is 27.5 Å². The average molecular weight is 589 g/mol. The summed E-state index contributed by atoms with van der Waals surface area (Å²) in [6.45, 7) is 0. The van der Waals surface area contributed by atoms with Gasteiger partial charge in [0.2, 0.25) is 0 Å². The quantitative estimate of drug-likeness (QED) is 0.197. The Morgan fingerprint density at radius 3 is 0.455 bits per heavy atom. The molecule has 0 atom stereocenters. The van der Waals surface area contributed by atoms with Gasteiger partial charge < -0.3 is 0 Å². The molecule has 0 aliphatic rings. The van der Waals surface area contributed by atoms with Gasteiger partial charge in [-0.2, -0.15) is 0 Å². The molecule has 0 aromatic carbocycles. The zero-order chi connectivity index (χ0) is 9.00. The molecule has 8 nitrogen and oxygen atoms in total. The van der Waals surface area contributed by atoms with Crippen molar-refractivity contribution in [3.8, 4) is 0 Å². The van der Waals surface area contributed by atoms with Crippen molar-refractivity contribution in [2.75, 3.05) is 0 Å². The normalized spacial score (nSPS) is 10.9. The van der Waals surface area contributed by atoms with Gasteiger partial charge in [-0.25, -0.2) is 0 Å². The van der Waals surface area contributed by atoms with Crippen molar-refractivity contribution in [1.29, 1.82) is 0 Å². The van der Waals surface area contributed by atoms with Crippen molar-refractivity contribution in [2.24, 2.45) is 0 Å². The van der Waals surface area contributed by atoms with Crippen LogP contribution in [0.25, 0.3) is 0 Å². The van der Waals surface area contributed by atoms with Gasteiger partial charge in [-0.05, 0) is 0 Å². The first-order valence-electron chi connectivity index (χ1n) is 1.23. The van der Waals surface area contributed by atoms with E-state index in [4.69, 9.17) is 27.5 Å². The maximum Gasteiger partial charge on any atom is 2.00 e. The third-order valence-electron chi connectivity index (χ3n) is 0. The number of hydrogen-bond acceptors (Lipinski definition) is 8. The molecule has 0 unspecified atom stereocenters. The molecule has 0 aliphatic heterocycles. The van der Waals surface area contributed by atoms with Gasteiger partial charge in [-0.15, -0.1) is 0 Å². The Hall–Kier alpha value is 2.06. The Bertz CT molecular complexity index is 55.1. The summed E-state index contributed by atoms with van der Waals surface area (Å²) in [6.07, 6.45) is 0. The molecule has 2 radical (unpaired) electrons. The van der Waals surface area contributed by atoms with Gasteiger partial charge >= 0.3 is 27.3 Å². The summed E-state index contributed by atoms with van der Waals surface area (Å²) in [5, 5.41) is 0. The molecule has 0 fully saturated rings. The van der Waals surface area contributed by atoms with E-state index in [1.807, 2.05) is 0 Å². The first kappa shape index (κ1) is 18.8. The zero-order valence-electron chi connectivity index (χ0n) is 4.52. The minimum absolute atomic E-state index is 0. The summed E-state index contributed by atoms with van der Waals surface area (Å²) in [4.78, 5) is 0. The van der Waals surface area contributed by atoms with E-state index in [1.165, 1.54) is 0 Å². The van der Waals surface area contributed by atoms with Gasteiger partial charge in [0.1, 0.15) is 40.2 Å². The van der Waals surface area contributed by atoms with Crippen LogP contribution in [0.15, 0.2) is 0 Å². The molecule has 0 aromatic heterocycles. The molecular weight excluding hydrogens is 589 g/mol. The molecular formula is I2O8Pb. The van der Waals surface area contributed by atoms with E-state index < -0.39 is 40.2 Å². The second-order valence-electron chi connectivity index (χ2n) is 0.756. The van der Waals surface area contributed by atoms with Crippen LogP contribution in [0.5, 0.6) is 0 Å². The van der Waals surface area contributed by atoms with Gasteiger partial charge in [0.05, 0.1) is 0 Å². The molecule has 0 aromatic rings. The van der Waals surface area contributed by atoms with E-state index in [9.17, 15) is 0 Å². The van der Waals surface area contributed by atoms with E-state index >= 15 is 0 Å². The van der Waals surface area contributed by atoms with Crippen LogP contribution in [0, 0.1) is 0 Å². The maximum atomic E-state index is 8.62. The molecule has 0 rings (SSSR count). The fourth-order valence-corrected chi connectivity index (χ4v) is 0. The molecule has 0 N–H and O–H groups in total. The summed E-state index contributed by atoms with van der Waals surface area (Å²) in [5.41, 5.74) is 0. The van der Waals surface area contributed by atoms with Crippen molar-refractivity contribution in [3.63, 3.8) is 0 Å². The first-order chi connectivity index (χ1) is 4.00. The fourth-order valence-electron chi connectivity index (χ4n) is 0. The molecule has 0 aliphatic carbocycles. The molecule has 0 spiro atoms. The zero-order valence-corrected chi connectivity index (χ0v) is 12.7. The predicted molar refractivity (Wildman–Crippen MR) is 5.75 cm³/mol. The van der Waals surface area contributed by atoms with E-state index in [0.717, 1.165) is 0 Å². The summed E-state index contributed by atoms with van der Waals surface area (Å²) in [7, 11) is 0. The van der Waals surface area contributed by atoms with Crippen molar-refractivity contribution in [2.45, 2.75) is 0 Å². The van der Waals surface area contributed by atoms with Crippen LogP contribution in [0.1, 0.15) is 0 Å². The van der Waals surface area contributed by atoms with E-state index in [-0.39, 0.29) is 27.3 Å². The Balaban J connectivity index is -0.000000107. The molecule has 11 heavy (non-hydrogen) atoms. The molecule has 0 amide bonds. The van der Waals surface area contributed by atoms with Crippen molar-refractivity contribution < 1.29 is 67.7 Å². The standard InChI is InChI=1S/2IO4.Pb/c2*2-1(3,4)5;/q2*-1;+2. The first-order valence-corrected chi connectivity index (χ1v) is 8.28. The van der Waals surface area contributed by atoms with Crippen LogP contribution in [-0.4, -0.2) is 27.3 Å². The van der Waals surface area contributed by atoms with E-state index in [0.29, 0.717) is 0 Å². The van der Waals surface area contributed by atoms with Crippen LogP contribution in [-0.2, 0) is 0 Å². The van der Waals surface area contributed by atoms with E-state index in [2.05, 4.69) is 0 Å². The predicted octanol–water partition coefficient (Wildman–Crippen LogP) is -15.9. The van der Waals surface area contributed by atoms with Gasteiger partial charge in [-0.1, -0.05) is 0 Å². The molecule has 66 valence electrons. The minimum Gasteiger partial charge on any atom is -0.286 e. The average Bonchev–Trinajstić information content (AvgIpc) is 1.12. The van der Waals surface area contributed by atoms with E-state index in [1.54, 1.807) is 0 Å². The van der Waals surface area contributed by atoms with Crippen molar-refractivity contribution >= 4 is 27.3 Å². The SMILES string of the molecule is [O-][I+3]([O-])([O-])[O-].[O-][I+3]([O-])([O-])[O-].[Pb+2]. The molecule has 0 bridgehead atoms. The third kappa shape index (κ3) is 287. The monoisotopic (exact) mass is 590 g/mol. The Morgan fingerprint density at radius 1 is 0.455 bits per heavy atom. The topological polar surface area (TPSA) is 184 Å². The van der Waals surface area contributed by atoms with Crippen LogP contribution in [0.2, 0.25) is 0 Å². The Morgan fingerprint density at radius 2 is 0.455 bits per heavy atom. The minimum atomic E-state index is -5.94. The smallest absolute Gasteiger partial charge is 0.286 e. The van der Waals surface area contributed by atoms with Gasteiger partial charge in [0.25, 0.3) is 0 Å². The van der Waals surface area contributed by atoms with Crippen LogP contribution >= 0.6 is 0 Å². The van der Waals surface area contributed by atoms with Crippen molar-refractivity contribution in [3.05, 3.63) is 0 Å². The molecule has 11 heteroatoms. The second kappa shape index (κ2) is 7.46. The largest absolute Gasteiger partial charge is 2.00 e. The summed E-state index contributed by atoms with van der Waals surface area (Å²) < 4.78 is 68.9. The summed E-state index contributed by atoms with van der Waals surface area (Å²) in [6, 6.07) is 0. The van der Waals surface area contributed by atoms with Crippen LogP contribution in [0.3, 0.4) is 0 Å². The number of rotatable bonds is 0.